The van der Waals surface area contributed by atoms with Crippen LogP contribution in [0.1, 0.15) is 58.7 Å². The van der Waals surface area contributed by atoms with Gasteiger partial charge in [-0.25, -0.2) is 4.79 Å². The van der Waals surface area contributed by atoms with Crippen molar-refractivity contribution >= 4 is 30.5 Å². The predicted molar refractivity (Wildman–Crippen MR) is 131 cm³/mol. The van der Waals surface area contributed by atoms with E-state index < -0.39 is 35.2 Å². The number of thiol groups is 1. The van der Waals surface area contributed by atoms with Crippen LogP contribution in [-0.2, 0) is 14.3 Å². The molecule has 0 spiro atoms. The normalized spacial score (nSPS) is 13.5. The standard InChI is InChI=1S/C24H37N3O4S/c1-9-14-27(21(29)18(15-32)25-22(30)31-24(6,7)8)19(20(28)26-23(3,4)5)17-12-10-16(2)11-13-17/h9-13,18-19,32H,1,14-15H2,2-8H3,(H,25,30)(H,26,28). The minimum Gasteiger partial charge on any atom is -0.444 e. The Morgan fingerprint density at radius 1 is 1.12 bits per heavy atom. The van der Waals surface area contributed by atoms with Crippen molar-refractivity contribution in [2.24, 2.45) is 0 Å². The van der Waals surface area contributed by atoms with Gasteiger partial charge < -0.3 is 20.3 Å². The van der Waals surface area contributed by atoms with Crippen LogP contribution in [-0.4, -0.2) is 52.3 Å². The summed E-state index contributed by atoms with van der Waals surface area (Å²) in [6.07, 6.45) is 0.821. The first kappa shape index (κ1) is 27.6. The van der Waals surface area contributed by atoms with E-state index in [9.17, 15) is 14.4 Å². The quantitative estimate of drug-likeness (QED) is 0.404. The molecule has 0 saturated heterocycles. The second-order valence-corrected chi connectivity index (χ2v) is 10.1. The van der Waals surface area contributed by atoms with Crippen LogP contribution in [0.3, 0.4) is 0 Å². The molecular weight excluding hydrogens is 426 g/mol. The van der Waals surface area contributed by atoms with Crippen LogP contribution in [0.2, 0.25) is 0 Å². The Morgan fingerprint density at radius 2 is 1.69 bits per heavy atom. The van der Waals surface area contributed by atoms with E-state index in [0.29, 0.717) is 5.56 Å². The van der Waals surface area contributed by atoms with Crippen LogP contribution in [0.25, 0.3) is 0 Å². The number of benzene rings is 1. The third-order valence-electron chi connectivity index (χ3n) is 4.23. The molecule has 0 aromatic heterocycles. The fourth-order valence-electron chi connectivity index (χ4n) is 2.96. The minimum absolute atomic E-state index is 0.0349. The third-order valence-corrected chi connectivity index (χ3v) is 4.60. The number of rotatable bonds is 8. The smallest absolute Gasteiger partial charge is 0.408 e. The average molecular weight is 464 g/mol. The molecule has 1 aromatic rings. The maximum Gasteiger partial charge on any atom is 0.408 e. The number of aryl methyl sites for hydroxylation is 1. The summed E-state index contributed by atoms with van der Waals surface area (Å²) >= 11 is 4.25. The number of ether oxygens (including phenoxy) is 1. The minimum atomic E-state index is -0.983. The van der Waals surface area contributed by atoms with E-state index in [4.69, 9.17) is 4.74 Å². The van der Waals surface area contributed by atoms with Crippen LogP contribution in [0.15, 0.2) is 36.9 Å². The summed E-state index contributed by atoms with van der Waals surface area (Å²) in [6, 6.07) is 5.52. The first-order valence-electron chi connectivity index (χ1n) is 10.6. The van der Waals surface area contributed by atoms with Gasteiger partial charge in [0.15, 0.2) is 0 Å². The van der Waals surface area contributed by atoms with Crippen molar-refractivity contribution in [3.8, 4) is 0 Å². The summed E-state index contributed by atoms with van der Waals surface area (Å²) in [5, 5.41) is 5.53. The van der Waals surface area contributed by atoms with Crippen molar-refractivity contribution in [3.63, 3.8) is 0 Å². The lowest BCUT2D eigenvalue weighted by molar-refractivity contribution is -0.142. The maximum absolute atomic E-state index is 13.5. The Hall–Kier alpha value is -2.48. The Bertz CT molecular complexity index is 810. The van der Waals surface area contributed by atoms with Crippen molar-refractivity contribution < 1.29 is 19.1 Å². The second-order valence-electron chi connectivity index (χ2n) is 9.71. The highest BCUT2D eigenvalue weighted by Crippen LogP contribution is 2.24. The zero-order chi connectivity index (χ0) is 24.7. The fraction of sp³-hybridized carbons (Fsp3) is 0.542. The lowest BCUT2D eigenvalue weighted by Crippen LogP contribution is -2.55. The van der Waals surface area contributed by atoms with Gasteiger partial charge in [0.25, 0.3) is 0 Å². The Kier molecular flexibility index (Phi) is 9.82. The van der Waals surface area contributed by atoms with Gasteiger partial charge in [-0.2, -0.15) is 12.6 Å². The lowest BCUT2D eigenvalue weighted by Gasteiger charge is -2.35. The maximum atomic E-state index is 13.5. The van der Waals surface area contributed by atoms with Gasteiger partial charge in [-0.1, -0.05) is 35.9 Å². The number of hydrogen-bond acceptors (Lipinski definition) is 5. The molecule has 32 heavy (non-hydrogen) atoms. The van der Waals surface area contributed by atoms with Gasteiger partial charge >= 0.3 is 6.09 Å². The molecule has 178 valence electrons. The van der Waals surface area contributed by atoms with Gasteiger partial charge in [-0.3, -0.25) is 9.59 Å². The van der Waals surface area contributed by atoms with Crippen molar-refractivity contribution in [1.29, 1.82) is 0 Å². The second kappa shape index (κ2) is 11.4. The SMILES string of the molecule is C=CCN(C(=O)C(CS)NC(=O)OC(C)(C)C)C(C(=O)NC(C)(C)C)c1ccc(C)cc1. The van der Waals surface area contributed by atoms with Crippen molar-refractivity contribution in [2.75, 3.05) is 12.3 Å². The molecule has 0 aliphatic heterocycles. The Labute approximate surface area is 197 Å². The summed E-state index contributed by atoms with van der Waals surface area (Å²) in [5.41, 5.74) is 0.472. The molecule has 0 aliphatic rings. The van der Waals surface area contributed by atoms with Crippen LogP contribution in [0, 0.1) is 6.92 Å². The van der Waals surface area contributed by atoms with E-state index in [1.807, 2.05) is 52.0 Å². The molecular formula is C24H37N3O4S. The molecule has 0 radical (unpaired) electrons. The van der Waals surface area contributed by atoms with E-state index in [-0.39, 0.29) is 18.2 Å². The zero-order valence-corrected chi connectivity index (χ0v) is 21.1. The molecule has 8 heteroatoms. The van der Waals surface area contributed by atoms with Gasteiger partial charge in [0.2, 0.25) is 11.8 Å². The van der Waals surface area contributed by atoms with Gasteiger partial charge in [0.1, 0.15) is 17.7 Å². The summed E-state index contributed by atoms with van der Waals surface area (Å²) in [7, 11) is 0. The van der Waals surface area contributed by atoms with Crippen LogP contribution in [0.5, 0.6) is 0 Å². The molecule has 0 fully saturated rings. The molecule has 2 unspecified atom stereocenters. The van der Waals surface area contributed by atoms with E-state index in [0.717, 1.165) is 5.56 Å². The van der Waals surface area contributed by atoms with E-state index in [1.54, 1.807) is 26.8 Å². The summed E-state index contributed by atoms with van der Waals surface area (Å²) < 4.78 is 5.28. The third kappa shape index (κ3) is 8.94. The van der Waals surface area contributed by atoms with E-state index >= 15 is 0 Å². The fourth-order valence-corrected chi connectivity index (χ4v) is 3.20. The van der Waals surface area contributed by atoms with Crippen LogP contribution < -0.4 is 10.6 Å². The van der Waals surface area contributed by atoms with Gasteiger partial charge in [0.05, 0.1) is 0 Å². The number of nitrogens with zero attached hydrogens (tertiary/aromatic N) is 1. The van der Waals surface area contributed by atoms with Gasteiger partial charge in [-0.15, -0.1) is 6.58 Å². The molecule has 2 atom stereocenters. The number of amides is 3. The Morgan fingerprint density at radius 3 is 2.12 bits per heavy atom. The summed E-state index contributed by atoms with van der Waals surface area (Å²) in [4.78, 5) is 40.5. The molecule has 7 nitrogen and oxygen atoms in total. The number of alkyl carbamates (subject to hydrolysis) is 1. The highest BCUT2D eigenvalue weighted by atomic mass is 32.1. The molecule has 2 N–H and O–H groups in total. The largest absolute Gasteiger partial charge is 0.444 e. The summed E-state index contributed by atoms with van der Waals surface area (Å²) in [6.45, 7) is 16.6. The van der Waals surface area contributed by atoms with Crippen LogP contribution >= 0.6 is 12.6 Å². The average Bonchev–Trinajstić information content (AvgIpc) is 2.63. The lowest BCUT2D eigenvalue weighted by atomic mass is 10.00. The molecule has 3 amide bonds. The highest BCUT2D eigenvalue weighted by Gasteiger charge is 2.36. The zero-order valence-electron chi connectivity index (χ0n) is 20.2. The number of carbonyl (C=O) groups excluding carboxylic acids is 3. The molecule has 1 rings (SSSR count). The van der Waals surface area contributed by atoms with Crippen molar-refractivity contribution in [1.82, 2.24) is 15.5 Å². The summed E-state index contributed by atoms with van der Waals surface area (Å²) in [5.74, 6) is -0.750. The molecule has 0 aliphatic carbocycles. The number of carbonyl (C=O) groups is 3. The van der Waals surface area contributed by atoms with Gasteiger partial charge in [-0.05, 0) is 54.0 Å². The highest BCUT2D eigenvalue weighted by molar-refractivity contribution is 7.80. The molecule has 0 bridgehead atoms. The van der Waals surface area contributed by atoms with Crippen molar-refractivity contribution in [2.45, 2.75) is 71.7 Å². The van der Waals surface area contributed by atoms with E-state index in [2.05, 4.69) is 29.8 Å². The number of nitrogens with one attached hydrogen (secondary N) is 2. The van der Waals surface area contributed by atoms with Crippen molar-refractivity contribution in [3.05, 3.63) is 48.0 Å². The molecule has 0 heterocycles. The first-order chi connectivity index (χ1) is 14.7. The topological polar surface area (TPSA) is 87.7 Å². The molecule has 0 saturated carbocycles. The first-order valence-corrected chi connectivity index (χ1v) is 11.2. The van der Waals surface area contributed by atoms with Gasteiger partial charge in [0, 0.05) is 17.8 Å². The van der Waals surface area contributed by atoms with Crippen LogP contribution in [0.4, 0.5) is 4.79 Å². The Balaban J connectivity index is 3.34. The number of hydrogen-bond donors (Lipinski definition) is 3. The molecule has 1 aromatic carbocycles. The van der Waals surface area contributed by atoms with E-state index in [1.165, 1.54) is 4.90 Å². The predicted octanol–water partition coefficient (Wildman–Crippen LogP) is 3.79. The monoisotopic (exact) mass is 463 g/mol.